The van der Waals surface area contributed by atoms with Gasteiger partial charge in [-0.3, -0.25) is 4.79 Å². The van der Waals surface area contributed by atoms with Crippen molar-refractivity contribution in [1.29, 1.82) is 0 Å². The molecule has 1 aromatic carbocycles. The summed E-state index contributed by atoms with van der Waals surface area (Å²) in [7, 11) is 0. The molecule has 3 rings (SSSR count). The first-order valence-corrected chi connectivity index (χ1v) is 9.13. The van der Waals surface area contributed by atoms with E-state index in [2.05, 4.69) is 10.4 Å². The Labute approximate surface area is 158 Å². The number of amides is 1. The Kier molecular flexibility index (Phi) is 5.32. The van der Waals surface area contributed by atoms with E-state index in [9.17, 15) is 14.7 Å². The number of aromatic nitrogens is 2. The number of ether oxygens (including phenoxy) is 1. The minimum atomic E-state index is -1.44. The fourth-order valence-corrected chi connectivity index (χ4v) is 3.37. The molecule has 27 heavy (non-hydrogen) atoms. The summed E-state index contributed by atoms with van der Waals surface area (Å²) in [5, 5.41) is 17.4. The van der Waals surface area contributed by atoms with Crippen LogP contribution in [-0.4, -0.2) is 39.0 Å². The van der Waals surface area contributed by atoms with Crippen LogP contribution >= 0.6 is 0 Å². The monoisotopic (exact) mass is 371 g/mol. The third-order valence-electron chi connectivity index (χ3n) is 4.98. The van der Waals surface area contributed by atoms with Crippen LogP contribution in [0, 0.1) is 20.8 Å². The first-order valence-electron chi connectivity index (χ1n) is 9.13. The average molecular weight is 371 g/mol. The molecule has 0 unspecified atom stereocenters. The SMILES string of the molecule is Cc1ccc(-n2nc(C)c(NC(=O)COC(=O)C3(O)CCCC3)c2C)cc1. The fraction of sp³-hybridized carbons (Fsp3) is 0.450. The molecule has 2 aromatic rings. The first-order chi connectivity index (χ1) is 12.8. The summed E-state index contributed by atoms with van der Waals surface area (Å²) in [6.07, 6.45) is 2.34. The van der Waals surface area contributed by atoms with E-state index < -0.39 is 24.1 Å². The molecule has 0 atom stereocenters. The molecule has 1 aliphatic rings. The lowest BCUT2D eigenvalue weighted by atomic mass is 10.0. The van der Waals surface area contributed by atoms with E-state index in [1.807, 2.05) is 38.1 Å². The molecule has 1 aliphatic carbocycles. The van der Waals surface area contributed by atoms with E-state index in [4.69, 9.17) is 4.74 Å². The highest BCUT2D eigenvalue weighted by molar-refractivity contribution is 5.94. The molecule has 144 valence electrons. The number of aliphatic hydroxyl groups is 1. The number of hydrogen-bond donors (Lipinski definition) is 2. The summed E-state index contributed by atoms with van der Waals surface area (Å²) in [5.41, 5.74) is 2.66. The van der Waals surface area contributed by atoms with Gasteiger partial charge in [-0.1, -0.05) is 17.7 Å². The van der Waals surface area contributed by atoms with Crippen molar-refractivity contribution in [2.75, 3.05) is 11.9 Å². The van der Waals surface area contributed by atoms with E-state index in [0.717, 1.165) is 29.8 Å². The van der Waals surface area contributed by atoms with Crippen LogP contribution in [0.1, 0.15) is 42.6 Å². The molecular formula is C20H25N3O4. The number of benzene rings is 1. The number of esters is 1. The molecule has 2 N–H and O–H groups in total. The minimum absolute atomic E-state index is 0.384. The van der Waals surface area contributed by atoms with Crippen LogP contribution in [0.15, 0.2) is 24.3 Å². The van der Waals surface area contributed by atoms with Gasteiger partial charge in [0.05, 0.1) is 22.8 Å². The Bertz CT molecular complexity index is 849. The van der Waals surface area contributed by atoms with Gasteiger partial charge in [-0.25, -0.2) is 9.48 Å². The molecule has 1 heterocycles. The molecule has 1 aromatic heterocycles. The second-order valence-electron chi connectivity index (χ2n) is 7.16. The zero-order valence-corrected chi connectivity index (χ0v) is 15.9. The Hall–Kier alpha value is -2.67. The smallest absolute Gasteiger partial charge is 0.338 e. The van der Waals surface area contributed by atoms with Crippen LogP contribution in [0.4, 0.5) is 5.69 Å². The second kappa shape index (κ2) is 7.52. The lowest BCUT2D eigenvalue weighted by Crippen LogP contribution is -2.38. The maximum Gasteiger partial charge on any atom is 0.338 e. The molecule has 1 saturated carbocycles. The van der Waals surface area contributed by atoms with Gasteiger partial charge in [0, 0.05) is 0 Å². The Morgan fingerprint density at radius 1 is 1.19 bits per heavy atom. The largest absolute Gasteiger partial charge is 0.453 e. The molecule has 0 bridgehead atoms. The van der Waals surface area contributed by atoms with Gasteiger partial charge >= 0.3 is 5.97 Å². The summed E-state index contributed by atoms with van der Waals surface area (Å²) >= 11 is 0. The summed E-state index contributed by atoms with van der Waals surface area (Å²) in [6.45, 7) is 5.25. The van der Waals surface area contributed by atoms with Crippen molar-refractivity contribution in [3.05, 3.63) is 41.2 Å². The van der Waals surface area contributed by atoms with Gasteiger partial charge < -0.3 is 15.2 Å². The van der Waals surface area contributed by atoms with E-state index in [-0.39, 0.29) is 0 Å². The minimum Gasteiger partial charge on any atom is -0.453 e. The second-order valence-corrected chi connectivity index (χ2v) is 7.16. The van der Waals surface area contributed by atoms with Gasteiger partial charge in [-0.2, -0.15) is 5.10 Å². The van der Waals surface area contributed by atoms with Gasteiger partial charge in [-0.05, 0) is 58.6 Å². The lowest BCUT2D eigenvalue weighted by Gasteiger charge is -2.19. The predicted octanol–water partition coefficient (Wildman–Crippen LogP) is 2.58. The summed E-state index contributed by atoms with van der Waals surface area (Å²) in [4.78, 5) is 24.2. The molecule has 1 fully saturated rings. The number of rotatable bonds is 5. The number of aryl methyl sites for hydroxylation is 2. The van der Waals surface area contributed by atoms with E-state index >= 15 is 0 Å². The fourth-order valence-electron chi connectivity index (χ4n) is 3.37. The van der Waals surface area contributed by atoms with Crippen molar-refractivity contribution >= 4 is 17.6 Å². The van der Waals surface area contributed by atoms with Gasteiger partial charge in [-0.15, -0.1) is 0 Å². The van der Waals surface area contributed by atoms with Crippen LogP contribution in [0.5, 0.6) is 0 Å². The quantitative estimate of drug-likeness (QED) is 0.788. The number of carbonyl (C=O) groups excluding carboxylic acids is 2. The van der Waals surface area contributed by atoms with Crippen LogP contribution in [-0.2, 0) is 14.3 Å². The highest BCUT2D eigenvalue weighted by Gasteiger charge is 2.40. The molecule has 7 heteroatoms. The van der Waals surface area contributed by atoms with Crippen molar-refractivity contribution in [2.24, 2.45) is 0 Å². The number of nitrogens with one attached hydrogen (secondary N) is 1. The van der Waals surface area contributed by atoms with Gasteiger partial charge in [0.2, 0.25) is 0 Å². The highest BCUT2D eigenvalue weighted by Crippen LogP contribution is 2.30. The molecule has 0 aliphatic heterocycles. The molecule has 0 radical (unpaired) electrons. The van der Waals surface area contributed by atoms with Gasteiger partial charge in [0.1, 0.15) is 0 Å². The van der Waals surface area contributed by atoms with E-state index in [1.54, 1.807) is 11.6 Å². The lowest BCUT2D eigenvalue weighted by molar-refractivity contribution is -0.166. The normalized spacial score (nSPS) is 15.6. The zero-order chi connectivity index (χ0) is 19.6. The van der Waals surface area contributed by atoms with Gasteiger partial charge in [0.25, 0.3) is 5.91 Å². The molecule has 0 spiro atoms. The zero-order valence-electron chi connectivity index (χ0n) is 15.9. The molecule has 0 saturated heterocycles. The molecular weight excluding hydrogens is 346 g/mol. The van der Waals surface area contributed by atoms with Crippen LogP contribution < -0.4 is 5.32 Å². The number of nitrogens with zero attached hydrogens (tertiary/aromatic N) is 2. The summed E-state index contributed by atoms with van der Waals surface area (Å²) in [5.74, 6) is -1.18. The molecule has 1 amide bonds. The predicted molar refractivity (Wildman–Crippen MR) is 101 cm³/mol. The topological polar surface area (TPSA) is 93.5 Å². The van der Waals surface area contributed by atoms with E-state index in [1.165, 1.54) is 0 Å². The van der Waals surface area contributed by atoms with E-state index in [0.29, 0.717) is 24.2 Å². The van der Waals surface area contributed by atoms with Crippen LogP contribution in [0.2, 0.25) is 0 Å². The van der Waals surface area contributed by atoms with Crippen molar-refractivity contribution in [1.82, 2.24) is 9.78 Å². The summed E-state index contributed by atoms with van der Waals surface area (Å²) in [6, 6.07) is 7.92. The third-order valence-corrected chi connectivity index (χ3v) is 4.98. The van der Waals surface area contributed by atoms with Crippen molar-refractivity contribution in [3.63, 3.8) is 0 Å². The number of anilines is 1. The maximum atomic E-state index is 12.2. The Morgan fingerprint density at radius 2 is 1.81 bits per heavy atom. The van der Waals surface area contributed by atoms with Gasteiger partial charge in [0.15, 0.2) is 12.2 Å². The third kappa shape index (κ3) is 4.03. The standard InChI is InChI=1S/C20H25N3O4/c1-13-6-8-16(9-7-13)23-15(3)18(14(2)22-23)21-17(24)12-27-19(25)20(26)10-4-5-11-20/h6-9,26H,4-5,10-12H2,1-3H3,(H,21,24). The summed E-state index contributed by atoms with van der Waals surface area (Å²) < 4.78 is 6.78. The van der Waals surface area contributed by atoms with Crippen molar-refractivity contribution < 1.29 is 19.4 Å². The molecule has 7 nitrogen and oxygen atoms in total. The van der Waals surface area contributed by atoms with Crippen molar-refractivity contribution in [2.45, 2.75) is 52.1 Å². The average Bonchev–Trinajstić information content (AvgIpc) is 3.20. The van der Waals surface area contributed by atoms with Crippen molar-refractivity contribution in [3.8, 4) is 5.69 Å². The first kappa shape index (κ1) is 19.1. The Morgan fingerprint density at radius 3 is 2.44 bits per heavy atom. The maximum absolute atomic E-state index is 12.2. The van der Waals surface area contributed by atoms with Crippen LogP contribution in [0.3, 0.4) is 0 Å². The Balaban J connectivity index is 1.66. The highest BCUT2D eigenvalue weighted by atomic mass is 16.6. The van der Waals surface area contributed by atoms with Crippen LogP contribution in [0.25, 0.3) is 5.69 Å². The number of hydrogen-bond acceptors (Lipinski definition) is 5. The number of carbonyl (C=O) groups is 2.